The lowest BCUT2D eigenvalue weighted by Crippen LogP contribution is -2.11. The van der Waals surface area contributed by atoms with Crippen LogP contribution in [0.5, 0.6) is 0 Å². The lowest BCUT2D eigenvalue weighted by Gasteiger charge is -1.99. The normalized spacial score (nSPS) is 10.8. The van der Waals surface area contributed by atoms with Crippen molar-refractivity contribution in [1.82, 2.24) is 9.38 Å². The average molecular weight is 285 g/mol. The van der Waals surface area contributed by atoms with Crippen LogP contribution >= 0.6 is 11.3 Å². The molecule has 0 saturated heterocycles. The fourth-order valence-corrected chi connectivity index (χ4v) is 3.20. The quantitative estimate of drug-likeness (QED) is 0.750. The Bertz CT molecular complexity index is 818. The second-order valence-electron chi connectivity index (χ2n) is 4.33. The molecule has 20 heavy (non-hydrogen) atoms. The summed E-state index contributed by atoms with van der Waals surface area (Å²) in [5.74, 6) is -0.504. The zero-order valence-corrected chi connectivity index (χ0v) is 11.5. The van der Waals surface area contributed by atoms with Crippen molar-refractivity contribution in [1.29, 1.82) is 0 Å². The minimum atomic E-state index is -0.504. The van der Waals surface area contributed by atoms with Crippen LogP contribution < -0.4 is 5.73 Å². The highest BCUT2D eigenvalue weighted by atomic mass is 32.1. The second-order valence-corrected chi connectivity index (χ2v) is 5.31. The predicted octanol–water partition coefficient (Wildman–Crippen LogP) is 2.28. The molecule has 2 heterocycles. The number of amides is 1. The Kier molecular flexibility index (Phi) is 2.87. The summed E-state index contributed by atoms with van der Waals surface area (Å²) in [6.07, 6.45) is 0.757. The van der Waals surface area contributed by atoms with Crippen LogP contribution in [0.3, 0.4) is 0 Å². The monoisotopic (exact) mass is 285 g/mol. The maximum absolute atomic E-state index is 11.4. The number of rotatable bonds is 3. The minimum absolute atomic E-state index is 0.426. The standard InChI is InChI=1S/C14H11N3O2S/c1-8-12(13(15)19)20-14-16-11(10(7-18)17(8)14)9-5-3-2-4-6-9/h2-7H,1H3,(H2,15,19). The van der Waals surface area contributed by atoms with E-state index in [0.717, 1.165) is 11.8 Å². The first-order valence-corrected chi connectivity index (χ1v) is 6.77. The predicted molar refractivity (Wildman–Crippen MR) is 77.1 cm³/mol. The summed E-state index contributed by atoms with van der Waals surface area (Å²) >= 11 is 1.20. The van der Waals surface area contributed by atoms with E-state index in [4.69, 9.17) is 5.73 Å². The Labute approximate surface area is 118 Å². The fraction of sp³-hybridized carbons (Fsp3) is 0.0714. The van der Waals surface area contributed by atoms with E-state index >= 15 is 0 Å². The van der Waals surface area contributed by atoms with E-state index < -0.39 is 5.91 Å². The molecular weight excluding hydrogens is 274 g/mol. The number of carbonyl (C=O) groups is 2. The van der Waals surface area contributed by atoms with Crippen LogP contribution in [0.2, 0.25) is 0 Å². The van der Waals surface area contributed by atoms with Crippen molar-refractivity contribution >= 4 is 28.5 Å². The average Bonchev–Trinajstić information content (AvgIpc) is 2.97. The van der Waals surface area contributed by atoms with Crippen LogP contribution in [0.4, 0.5) is 0 Å². The maximum atomic E-state index is 11.4. The maximum Gasteiger partial charge on any atom is 0.260 e. The Morgan fingerprint density at radius 2 is 2.05 bits per heavy atom. The van der Waals surface area contributed by atoms with E-state index in [0.29, 0.717) is 26.9 Å². The van der Waals surface area contributed by atoms with Crippen LogP contribution in [0.25, 0.3) is 16.2 Å². The molecule has 1 aromatic carbocycles. The van der Waals surface area contributed by atoms with Crippen LogP contribution in [0, 0.1) is 6.92 Å². The Morgan fingerprint density at radius 3 is 2.65 bits per heavy atom. The molecule has 0 bridgehead atoms. The smallest absolute Gasteiger partial charge is 0.260 e. The SMILES string of the molecule is Cc1c(C(N)=O)sc2nc(-c3ccccc3)c(C=O)n12. The van der Waals surface area contributed by atoms with Crippen molar-refractivity contribution in [3.8, 4) is 11.3 Å². The number of thiazole rings is 1. The van der Waals surface area contributed by atoms with Gasteiger partial charge in [-0.25, -0.2) is 4.98 Å². The summed E-state index contributed by atoms with van der Waals surface area (Å²) in [4.78, 5) is 28.3. The van der Waals surface area contributed by atoms with E-state index in [1.807, 2.05) is 30.3 Å². The Balaban J connectivity index is 2.32. The highest BCUT2D eigenvalue weighted by Crippen LogP contribution is 2.29. The molecule has 0 spiro atoms. The van der Waals surface area contributed by atoms with Gasteiger partial charge in [-0.1, -0.05) is 41.7 Å². The van der Waals surface area contributed by atoms with Gasteiger partial charge in [0.25, 0.3) is 5.91 Å². The summed E-state index contributed by atoms with van der Waals surface area (Å²) in [7, 11) is 0. The van der Waals surface area contributed by atoms with Crippen molar-refractivity contribution < 1.29 is 9.59 Å². The number of hydrogen-bond donors (Lipinski definition) is 1. The molecule has 3 aromatic rings. The molecular formula is C14H11N3O2S. The number of aryl methyl sites for hydroxylation is 1. The number of carbonyl (C=O) groups excluding carboxylic acids is 2. The first-order valence-electron chi connectivity index (χ1n) is 5.95. The Hall–Kier alpha value is -2.47. The molecule has 0 atom stereocenters. The number of fused-ring (bicyclic) bond motifs is 1. The number of benzene rings is 1. The Morgan fingerprint density at radius 1 is 1.35 bits per heavy atom. The van der Waals surface area contributed by atoms with Gasteiger partial charge >= 0.3 is 0 Å². The first kappa shape index (κ1) is 12.6. The largest absolute Gasteiger partial charge is 0.365 e. The molecule has 0 radical (unpaired) electrons. The number of aromatic nitrogens is 2. The van der Waals surface area contributed by atoms with Gasteiger partial charge < -0.3 is 5.73 Å². The van der Waals surface area contributed by atoms with E-state index in [9.17, 15) is 9.59 Å². The van der Waals surface area contributed by atoms with E-state index in [1.165, 1.54) is 11.3 Å². The third-order valence-corrected chi connectivity index (χ3v) is 4.28. The second kappa shape index (κ2) is 4.57. The molecule has 3 rings (SSSR count). The van der Waals surface area contributed by atoms with Gasteiger partial charge in [-0.3, -0.25) is 14.0 Å². The van der Waals surface area contributed by atoms with Gasteiger partial charge in [-0.2, -0.15) is 0 Å². The molecule has 2 aromatic heterocycles. The molecule has 5 nitrogen and oxygen atoms in total. The zero-order chi connectivity index (χ0) is 14.3. The number of nitrogens with zero attached hydrogens (tertiary/aromatic N) is 2. The van der Waals surface area contributed by atoms with Gasteiger partial charge in [0.2, 0.25) is 0 Å². The van der Waals surface area contributed by atoms with Crippen molar-refractivity contribution in [2.75, 3.05) is 0 Å². The van der Waals surface area contributed by atoms with Gasteiger partial charge in [-0.15, -0.1) is 0 Å². The molecule has 1 amide bonds. The summed E-state index contributed by atoms with van der Waals surface area (Å²) in [5, 5.41) is 0. The highest BCUT2D eigenvalue weighted by molar-refractivity contribution is 7.19. The molecule has 0 aliphatic rings. The summed E-state index contributed by atoms with van der Waals surface area (Å²) < 4.78 is 1.68. The van der Waals surface area contributed by atoms with Crippen molar-refractivity contribution in [3.05, 3.63) is 46.6 Å². The topological polar surface area (TPSA) is 77.5 Å². The molecule has 0 aliphatic carbocycles. The lowest BCUT2D eigenvalue weighted by molar-refractivity contribution is 0.100. The molecule has 100 valence electrons. The molecule has 2 N–H and O–H groups in total. The van der Waals surface area contributed by atoms with Crippen LogP contribution in [0.15, 0.2) is 30.3 Å². The zero-order valence-electron chi connectivity index (χ0n) is 10.7. The van der Waals surface area contributed by atoms with E-state index in [-0.39, 0.29) is 0 Å². The number of aldehydes is 1. The third-order valence-electron chi connectivity index (χ3n) is 3.12. The van der Waals surface area contributed by atoms with Crippen LogP contribution in [-0.2, 0) is 0 Å². The number of imidazole rings is 1. The molecule has 0 fully saturated rings. The van der Waals surface area contributed by atoms with Gasteiger partial charge in [0.05, 0.1) is 0 Å². The molecule has 0 saturated carbocycles. The van der Waals surface area contributed by atoms with Gasteiger partial charge in [-0.05, 0) is 6.92 Å². The van der Waals surface area contributed by atoms with Gasteiger partial charge in [0.15, 0.2) is 11.2 Å². The van der Waals surface area contributed by atoms with Crippen LogP contribution in [-0.4, -0.2) is 21.6 Å². The van der Waals surface area contributed by atoms with Crippen molar-refractivity contribution in [3.63, 3.8) is 0 Å². The molecule has 0 aliphatic heterocycles. The number of primary amides is 1. The fourth-order valence-electron chi connectivity index (χ4n) is 2.22. The van der Waals surface area contributed by atoms with Crippen LogP contribution in [0.1, 0.15) is 25.9 Å². The number of hydrogen-bond acceptors (Lipinski definition) is 4. The summed E-state index contributed by atoms with van der Waals surface area (Å²) in [5.41, 5.74) is 7.89. The number of nitrogens with two attached hydrogens (primary N) is 1. The van der Waals surface area contributed by atoms with E-state index in [2.05, 4.69) is 4.98 Å². The molecule has 0 unspecified atom stereocenters. The lowest BCUT2D eigenvalue weighted by atomic mass is 10.1. The minimum Gasteiger partial charge on any atom is -0.365 e. The highest BCUT2D eigenvalue weighted by Gasteiger charge is 2.21. The van der Waals surface area contributed by atoms with Gasteiger partial charge in [0.1, 0.15) is 16.3 Å². The third kappa shape index (κ3) is 1.73. The van der Waals surface area contributed by atoms with Crippen molar-refractivity contribution in [2.45, 2.75) is 6.92 Å². The molecule has 6 heteroatoms. The first-order chi connectivity index (χ1) is 9.63. The van der Waals surface area contributed by atoms with E-state index in [1.54, 1.807) is 11.3 Å². The summed E-state index contributed by atoms with van der Waals surface area (Å²) in [6.45, 7) is 1.76. The van der Waals surface area contributed by atoms with Crippen molar-refractivity contribution in [2.24, 2.45) is 5.73 Å². The summed E-state index contributed by atoms with van der Waals surface area (Å²) in [6, 6.07) is 9.46. The van der Waals surface area contributed by atoms with Gasteiger partial charge in [0, 0.05) is 11.3 Å².